The molecule has 3 rings (SSSR count). The van der Waals surface area contributed by atoms with Gasteiger partial charge in [-0.2, -0.15) is 0 Å². The quantitative estimate of drug-likeness (QED) is 0.692. The summed E-state index contributed by atoms with van der Waals surface area (Å²) in [5.41, 5.74) is 3.90. The molecule has 0 bridgehead atoms. The minimum atomic E-state index is -0.259. The molecule has 6 nitrogen and oxygen atoms in total. The van der Waals surface area contributed by atoms with Crippen LogP contribution in [-0.2, 0) is 6.54 Å². The minimum Gasteiger partial charge on any atom is -0.497 e. The Bertz CT molecular complexity index is 952. The number of hydrogen-bond donors (Lipinski definition) is 1. The van der Waals surface area contributed by atoms with Crippen molar-refractivity contribution in [2.24, 2.45) is 0 Å². The average Bonchev–Trinajstić information content (AvgIpc) is 3.03. The lowest BCUT2D eigenvalue weighted by molar-refractivity contribution is 0.0945. The Kier molecular flexibility index (Phi) is 5.37. The summed E-state index contributed by atoms with van der Waals surface area (Å²) in [4.78, 5) is 12.5. The van der Waals surface area contributed by atoms with Gasteiger partial charge >= 0.3 is 0 Å². The first-order chi connectivity index (χ1) is 12.5. The monoisotopic (exact) mass is 414 g/mol. The number of carbonyl (C=O) groups is 1. The zero-order chi connectivity index (χ0) is 18.7. The van der Waals surface area contributed by atoms with Crippen molar-refractivity contribution >= 4 is 21.8 Å². The molecule has 0 spiro atoms. The number of aryl methyl sites for hydroxylation is 1. The van der Waals surface area contributed by atoms with Crippen LogP contribution in [0.2, 0.25) is 0 Å². The zero-order valence-corrected chi connectivity index (χ0v) is 16.4. The van der Waals surface area contributed by atoms with Crippen LogP contribution in [0.3, 0.4) is 0 Å². The van der Waals surface area contributed by atoms with Crippen LogP contribution in [0.5, 0.6) is 5.75 Å². The fourth-order valence-corrected chi connectivity index (χ4v) is 2.84. The van der Waals surface area contributed by atoms with Crippen LogP contribution in [0, 0.1) is 13.8 Å². The van der Waals surface area contributed by atoms with E-state index in [0.717, 1.165) is 27.0 Å². The number of nitrogens with one attached hydrogen (secondary N) is 1. The van der Waals surface area contributed by atoms with Gasteiger partial charge in [-0.05, 0) is 55.3 Å². The van der Waals surface area contributed by atoms with Crippen LogP contribution in [0.25, 0.3) is 5.69 Å². The molecule has 0 saturated carbocycles. The van der Waals surface area contributed by atoms with Gasteiger partial charge in [-0.15, -0.1) is 5.10 Å². The SMILES string of the molecule is COc1cccc(CNC(=O)c2nnn(-c3ccc(Br)c(C)c3)c2C)c1. The number of benzene rings is 2. The summed E-state index contributed by atoms with van der Waals surface area (Å²) in [5.74, 6) is 0.495. The van der Waals surface area contributed by atoms with Gasteiger partial charge in [-0.1, -0.05) is 33.3 Å². The summed E-state index contributed by atoms with van der Waals surface area (Å²) in [6.45, 7) is 4.22. The van der Waals surface area contributed by atoms with E-state index in [4.69, 9.17) is 4.74 Å². The first kappa shape index (κ1) is 18.1. The van der Waals surface area contributed by atoms with Gasteiger partial charge in [0.2, 0.25) is 0 Å². The Morgan fingerprint density at radius 1 is 1.23 bits per heavy atom. The number of carbonyl (C=O) groups excluding carboxylic acids is 1. The number of nitrogens with zero attached hydrogens (tertiary/aromatic N) is 3. The molecule has 0 aliphatic heterocycles. The lowest BCUT2D eigenvalue weighted by Crippen LogP contribution is -2.24. The number of ether oxygens (including phenoxy) is 1. The second-order valence-electron chi connectivity index (χ2n) is 5.90. The second kappa shape index (κ2) is 7.70. The molecule has 134 valence electrons. The highest BCUT2D eigenvalue weighted by Gasteiger charge is 2.17. The molecule has 1 heterocycles. The lowest BCUT2D eigenvalue weighted by Gasteiger charge is -2.07. The molecule has 1 aromatic heterocycles. The molecule has 2 aromatic carbocycles. The van der Waals surface area contributed by atoms with Gasteiger partial charge in [0.1, 0.15) is 5.75 Å². The Morgan fingerprint density at radius 3 is 2.77 bits per heavy atom. The standard InChI is InChI=1S/C19H19BrN4O2/c1-12-9-15(7-8-17(12)20)24-13(2)18(22-23-24)19(25)21-11-14-5-4-6-16(10-14)26-3/h4-10H,11H2,1-3H3,(H,21,25). The van der Waals surface area contributed by atoms with Gasteiger partial charge in [-0.25, -0.2) is 4.68 Å². The maximum Gasteiger partial charge on any atom is 0.274 e. The number of methoxy groups -OCH3 is 1. The van der Waals surface area contributed by atoms with Crippen LogP contribution in [0.4, 0.5) is 0 Å². The van der Waals surface area contributed by atoms with Gasteiger partial charge in [0.15, 0.2) is 5.69 Å². The topological polar surface area (TPSA) is 69.0 Å². The molecular weight excluding hydrogens is 396 g/mol. The number of halogens is 1. The molecular formula is C19H19BrN4O2. The van der Waals surface area contributed by atoms with Crippen LogP contribution >= 0.6 is 15.9 Å². The van der Waals surface area contributed by atoms with E-state index in [2.05, 4.69) is 31.6 Å². The van der Waals surface area contributed by atoms with E-state index < -0.39 is 0 Å². The van der Waals surface area contributed by atoms with Crippen LogP contribution in [0.15, 0.2) is 46.9 Å². The summed E-state index contributed by atoms with van der Waals surface area (Å²) >= 11 is 3.48. The fourth-order valence-electron chi connectivity index (χ4n) is 2.59. The molecule has 0 radical (unpaired) electrons. The van der Waals surface area contributed by atoms with Crippen molar-refractivity contribution in [2.45, 2.75) is 20.4 Å². The summed E-state index contributed by atoms with van der Waals surface area (Å²) in [7, 11) is 1.61. The van der Waals surface area contributed by atoms with Crippen molar-refractivity contribution in [3.8, 4) is 11.4 Å². The Balaban J connectivity index is 1.76. The largest absolute Gasteiger partial charge is 0.497 e. The van der Waals surface area contributed by atoms with Crippen molar-refractivity contribution in [1.29, 1.82) is 0 Å². The number of rotatable bonds is 5. The van der Waals surface area contributed by atoms with E-state index in [1.54, 1.807) is 11.8 Å². The normalized spacial score (nSPS) is 10.6. The first-order valence-electron chi connectivity index (χ1n) is 8.09. The highest BCUT2D eigenvalue weighted by atomic mass is 79.9. The Hall–Kier alpha value is -2.67. The van der Waals surface area contributed by atoms with Gasteiger partial charge in [0.05, 0.1) is 18.5 Å². The summed E-state index contributed by atoms with van der Waals surface area (Å²) in [5, 5.41) is 11.1. The molecule has 3 aromatic rings. The second-order valence-corrected chi connectivity index (χ2v) is 6.76. The molecule has 0 atom stereocenters. The van der Waals surface area contributed by atoms with E-state index in [1.165, 1.54) is 0 Å². The minimum absolute atomic E-state index is 0.259. The molecule has 0 unspecified atom stereocenters. The maximum atomic E-state index is 12.5. The number of aromatic nitrogens is 3. The molecule has 0 saturated heterocycles. The van der Waals surface area contributed by atoms with Gasteiger partial charge in [0.25, 0.3) is 5.91 Å². The molecule has 0 aliphatic carbocycles. The Morgan fingerprint density at radius 2 is 2.04 bits per heavy atom. The molecule has 0 aliphatic rings. The summed E-state index contributed by atoms with van der Waals surface area (Å²) in [6.07, 6.45) is 0. The van der Waals surface area contributed by atoms with Gasteiger partial charge < -0.3 is 10.1 Å². The smallest absolute Gasteiger partial charge is 0.274 e. The van der Waals surface area contributed by atoms with Crippen LogP contribution < -0.4 is 10.1 Å². The van der Waals surface area contributed by atoms with Crippen molar-refractivity contribution in [3.05, 3.63) is 69.5 Å². The van der Waals surface area contributed by atoms with Crippen LogP contribution in [0.1, 0.15) is 27.3 Å². The molecule has 0 fully saturated rings. The molecule has 1 amide bonds. The van der Waals surface area contributed by atoms with E-state index in [-0.39, 0.29) is 5.91 Å². The highest BCUT2D eigenvalue weighted by Crippen LogP contribution is 2.20. The first-order valence-corrected chi connectivity index (χ1v) is 8.89. The maximum absolute atomic E-state index is 12.5. The predicted octanol–water partition coefficient (Wildman–Crippen LogP) is 3.59. The van der Waals surface area contributed by atoms with E-state index >= 15 is 0 Å². The fraction of sp³-hybridized carbons (Fsp3) is 0.211. The number of hydrogen-bond acceptors (Lipinski definition) is 4. The van der Waals surface area contributed by atoms with Crippen LogP contribution in [-0.4, -0.2) is 28.0 Å². The van der Waals surface area contributed by atoms with Crippen molar-refractivity contribution < 1.29 is 9.53 Å². The lowest BCUT2D eigenvalue weighted by atomic mass is 10.2. The molecule has 7 heteroatoms. The van der Waals surface area contributed by atoms with Crippen molar-refractivity contribution in [2.75, 3.05) is 7.11 Å². The van der Waals surface area contributed by atoms with Crippen molar-refractivity contribution in [1.82, 2.24) is 20.3 Å². The average molecular weight is 415 g/mol. The van der Waals surface area contributed by atoms with E-state index in [9.17, 15) is 4.79 Å². The summed E-state index contributed by atoms with van der Waals surface area (Å²) < 4.78 is 7.88. The van der Waals surface area contributed by atoms with Gasteiger partial charge in [-0.3, -0.25) is 4.79 Å². The van der Waals surface area contributed by atoms with E-state index in [1.807, 2.05) is 56.3 Å². The van der Waals surface area contributed by atoms with Crippen molar-refractivity contribution in [3.63, 3.8) is 0 Å². The third-order valence-electron chi connectivity index (χ3n) is 4.08. The van der Waals surface area contributed by atoms with E-state index in [0.29, 0.717) is 17.9 Å². The predicted molar refractivity (Wildman–Crippen MR) is 103 cm³/mol. The summed E-state index contributed by atoms with van der Waals surface area (Å²) in [6, 6.07) is 13.4. The zero-order valence-electron chi connectivity index (χ0n) is 14.8. The Labute approximate surface area is 160 Å². The molecule has 1 N–H and O–H groups in total. The van der Waals surface area contributed by atoms with Gasteiger partial charge in [0, 0.05) is 11.0 Å². The third kappa shape index (κ3) is 3.77. The third-order valence-corrected chi connectivity index (χ3v) is 4.97. The molecule has 26 heavy (non-hydrogen) atoms. The number of amides is 1. The highest BCUT2D eigenvalue weighted by molar-refractivity contribution is 9.10.